The molecule has 0 aromatic heterocycles. The number of carbonyl (C=O) groups is 3. The molecular weight excluding hydrogens is 322 g/mol. The van der Waals surface area contributed by atoms with Crippen LogP contribution in [0, 0.1) is 11.3 Å². The second-order valence-electron chi connectivity index (χ2n) is 6.19. The van der Waals surface area contributed by atoms with Crippen LogP contribution in [0.25, 0.3) is 0 Å². The molecule has 1 heterocycles. The molecule has 0 radical (unpaired) electrons. The number of nitrogens with zero attached hydrogens (tertiary/aromatic N) is 3. The molecule has 1 saturated carbocycles. The summed E-state index contributed by atoms with van der Waals surface area (Å²) >= 11 is 0. The number of imide groups is 2. The Labute approximate surface area is 145 Å². The van der Waals surface area contributed by atoms with Crippen LogP contribution in [-0.4, -0.2) is 46.8 Å². The van der Waals surface area contributed by atoms with Crippen LogP contribution in [0.4, 0.5) is 4.79 Å². The molecule has 0 spiro atoms. The second kappa shape index (κ2) is 7.34. The maximum absolute atomic E-state index is 12.5. The normalized spacial score (nSPS) is 18.6. The third kappa shape index (κ3) is 3.48. The molecule has 3 rings (SSSR count). The third-order valence-corrected chi connectivity index (χ3v) is 4.59. The molecule has 7 nitrogen and oxygen atoms in total. The van der Waals surface area contributed by atoms with E-state index in [4.69, 9.17) is 10.00 Å². The lowest BCUT2D eigenvalue weighted by atomic mass is 9.94. The predicted molar refractivity (Wildman–Crippen MR) is 87.5 cm³/mol. The molecule has 7 heteroatoms. The molecule has 1 aromatic rings. The van der Waals surface area contributed by atoms with E-state index in [2.05, 4.69) is 0 Å². The first-order valence-electron chi connectivity index (χ1n) is 8.44. The number of nitriles is 1. The summed E-state index contributed by atoms with van der Waals surface area (Å²) in [5, 5.41) is 8.75. The molecule has 1 aromatic carbocycles. The van der Waals surface area contributed by atoms with Crippen molar-refractivity contribution in [2.24, 2.45) is 0 Å². The smallest absolute Gasteiger partial charge is 0.334 e. The van der Waals surface area contributed by atoms with Crippen molar-refractivity contribution in [2.45, 2.75) is 38.1 Å². The number of rotatable bonds is 5. The van der Waals surface area contributed by atoms with E-state index in [0.29, 0.717) is 11.3 Å². The zero-order valence-electron chi connectivity index (χ0n) is 13.8. The van der Waals surface area contributed by atoms with Crippen molar-refractivity contribution in [3.05, 3.63) is 29.8 Å². The number of ether oxygens (including phenoxy) is 1. The number of benzene rings is 1. The maximum Gasteiger partial charge on any atom is 0.334 e. The Kier molecular flexibility index (Phi) is 4.98. The van der Waals surface area contributed by atoms with Gasteiger partial charge in [-0.3, -0.25) is 19.4 Å². The Balaban J connectivity index is 1.58. The van der Waals surface area contributed by atoms with Gasteiger partial charge in [-0.1, -0.05) is 19.3 Å². The average molecular weight is 341 g/mol. The highest BCUT2D eigenvalue weighted by Crippen LogP contribution is 2.26. The fraction of sp³-hybridized carbons (Fsp3) is 0.444. The van der Waals surface area contributed by atoms with Gasteiger partial charge in [0, 0.05) is 6.04 Å². The molecule has 1 aliphatic heterocycles. The molecule has 4 amide bonds. The highest BCUT2D eigenvalue weighted by Gasteiger charge is 2.47. The number of hydrogen-bond acceptors (Lipinski definition) is 5. The van der Waals surface area contributed by atoms with Crippen LogP contribution in [-0.2, 0) is 9.59 Å². The van der Waals surface area contributed by atoms with Crippen LogP contribution in [0.2, 0.25) is 0 Å². The van der Waals surface area contributed by atoms with Crippen LogP contribution < -0.4 is 4.74 Å². The molecule has 0 bridgehead atoms. The molecule has 130 valence electrons. The van der Waals surface area contributed by atoms with Gasteiger partial charge in [0.25, 0.3) is 0 Å². The van der Waals surface area contributed by atoms with Gasteiger partial charge in [0.05, 0.1) is 18.2 Å². The van der Waals surface area contributed by atoms with Crippen molar-refractivity contribution in [1.82, 2.24) is 9.80 Å². The van der Waals surface area contributed by atoms with Gasteiger partial charge in [0.15, 0.2) is 0 Å². The Morgan fingerprint density at radius 1 is 1.04 bits per heavy atom. The fourth-order valence-corrected chi connectivity index (χ4v) is 3.26. The highest BCUT2D eigenvalue weighted by atomic mass is 16.5. The summed E-state index contributed by atoms with van der Waals surface area (Å²) in [5.74, 6) is -0.970. The molecule has 0 N–H and O–H groups in total. The third-order valence-electron chi connectivity index (χ3n) is 4.59. The molecule has 1 aliphatic carbocycles. The monoisotopic (exact) mass is 341 g/mol. The van der Waals surface area contributed by atoms with Crippen molar-refractivity contribution in [1.29, 1.82) is 5.26 Å². The zero-order chi connectivity index (χ0) is 17.8. The van der Waals surface area contributed by atoms with E-state index in [1.807, 2.05) is 6.07 Å². The summed E-state index contributed by atoms with van der Waals surface area (Å²) in [5.41, 5.74) is 0.519. The molecular formula is C18H19N3O4. The number of hydrogen-bond donors (Lipinski definition) is 0. The van der Waals surface area contributed by atoms with Crippen molar-refractivity contribution in [3.63, 3.8) is 0 Å². The van der Waals surface area contributed by atoms with E-state index in [1.165, 1.54) is 0 Å². The molecule has 0 unspecified atom stereocenters. The number of amides is 4. The Hall–Kier alpha value is -2.88. The van der Waals surface area contributed by atoms with Crippen LogP contribution in [0.1, 0.15) is 37.7 Å². The van der Waals surface area contributed by atoms with E-state index in [1.54, 1.807) is 24.3 Å². The minimum Gasteiger partial charge on any atom is -0.492 e. The summed E-state index contributed by atoms with van der Waals surface area (Å²) in [6, 6.07) is 7.84. The summed E-state index contributed by atoms with van der Waals surface area (Å²) in [7, 11) is 0. The average Bonchev–Trinajstić information content (AvgIpc) is 2.86. The maximum atomic E-state index is 12.5. The summed E-state index contributed by atoms with van der Waals surface area (Å²) < 4.78 is 5.49. The van der Waals surface area contributed by atoms with E-state index >= 15 is 0 Å². The van der Waals surface area contributed by atoms with Crippen molar-refractivity contribution < 1.29 is 19.1 Å². The lowest BCUT2D eigenvalue weighted by Gasteiger charge is -2.28. The van der Waals surface area contributed by atoms with Gasteiger partial charge >= 0.3 is 17.8 Å². The standard InChI is InChI=1S/C18H19N3O4/c19-12-13-6-8-15(9-7-13)25-11-10-20-16(22)17(23)21(18(20)24)14-4-2-1-3-5-14/h6-9,14H,1-5,10-11H2. The fourth-order valence-electron chi connectivity index (χ4n) is 3.26. The molecule has 0 atom stereocenters. The largest absolute Gasteiger partial charge is 0.492 e. The Morgan fingerprint density at radius 3 is 2.36 bits per heavy atom. The number of urea groups is 1. The summed E-state index contributed by atoms with van der Waals surface area (Å²) in [6.45, 7) is 0.113. The minimum absolute atomic E-state index is 0.0205. The van der Waals surface area contributed by atoms with Gasteiger partial charge in [-0.25, -0.2) is 4.79 Å². The first-order valence-corrected chi connectivity index (χ1v) is 8.44. The van der Waals surface area contributed by atoms with Crippen LogP contribution >= 0.6 is 0 Å². The van der Waals surface area contributed by atoms with E-state index < -0.39 is 17.8 Å². The SMILES string of the molecule is N#Cc1ccc(OCCN2C(=O)C(=O)N(C3CCCCC3)C2=O)cc1. The van der Waals surface area contributed by atoms with Gasteiger partial charge in [0.2, 0.25) is 0 Å². The quantitative estimate of drug-likeness (QED) is 0.604. The van der Waals surface area contributed by atoms with Gasteiger partial charge in [-0.15, -0.1) is 0 Å². The molecule has 25 heavy (non-hydrogen) atoms. The van der Waals surface area contributed by atoms with Gasteiger partial charge in [0.1, 0.15) is 12.4 Å². The van der Waals surface area contributed by atoms with Crippen molar-refractivity contribution in [3.8, 4) is 11.8 Å². The zero-order valence-corrected chi connectivity index (χ0v) is 13.8. The predicted octanol–water partition coefficient (Wildman–Crippen LogP) is 2.06. The second-order valence-corrected chi connectivity index (χ2v) is 6.19. The first-order chi connectivity index (χ1) is 12.1. The topological polar surface area (TPSA) is 90.7 Å². The summed E-state index contributed by atoms with van der Waals surface area (Å²) in [6.07, 6.45) is 4.57. The highest BCUT2D eigenvalue weighted by molar-refractivity contribution is 6.44. The lowest BCUT2D eigenvalue weighted by molar-refractivity contribution is -0.144. The first kappa shape index (κ1) is 17.0. The number of carbonyl (C=O) groups excluding carboxylic acids is 3. The summed E-state index contributed by atoms with van der Waals surface area (Å²) in [4.78, 5) is 38.8. The lowest BCUT2D eigenvalue weighted by Crippen LogP contribution is -2.42. The van der Waals surface area contributed by atoms with Crippen molar-refractivity contribution in [2.75, 3.05) is 13.2 Å². The molecule has 1 saturated heterocycles. The van der Waals surface area contributed by atoms with E-state index in [0.717, 1.165) is 41.9 Å². The Morgan fingerprint density at radius 2 is 1.72 bits per heavy atom. The van der Waals surface area contributed by atoms with Gasteiger partial charge < -0.3 is 4.74 Å². The van der Waals surface area contributed by atoms with E-state index in [-0.39, 0.29) is 19.2 Å². The van der Waals surface area contributed by atoms with E-state index in [9.17, 15) is 14.4 Å². The van der Waals surface area contributed by atoms with Gasteiger partial charge in [-0.2, -0.15) is 5.26 Å². The van der Waals surface area contributed by atoms with Gasteiger partial charge in [-0.05, 0) is 37.1 Å². The molecule has 2 fully saturated rings. The Bertz CT molecular complexity index is 717. The van der Waals surface area contributed by atoms with Crippen molar-refractivity contribution >= 4 is 17.8 Å². The van der Waals surface area contributed by atoms with Crippen LogP contribution in [0.3, 0.4) is 0 Å². The van der Waals surface area contributed by atoms with Crippen LogP contribution in [0.5, 0.6) is 5.75 Å². The minimum atomic E-state index is -0.779. The molecule has 2 aliphatic rings. The van der Waals surface area contributed by atoms with Crippen LogP contribution in [0.15, 0.2) is 24.3 Å².